The van der Waals surface area contributed by atoms with E-state index in [9.17, 15) is 4.79 Å². The lowest BCUT2D eigenvalue weighted by atomic mass is 10.2. The largest absolute Gasteiger partial charge is 0.326 e. The van der Waals surface area contributed by atoms with Gasteiger partial charge in [0, 0.05) is 29.0 Å². The van der Waals surface area contributed by atoms with Crippen LogP contribution in [0, 0.1) is 0 Å². The monoisotopic (exact) mass is 365 g/mol. The van der Waals surface area contributed by atoms with Crippen molar-refractivity contribution in [1.82, 2.24) is 29.6 Å². The molecule has 3 aromatic heterocycles. The topological polar surface area (TPSA) is 90.0 Å². The molecule has 0 spiro atoms. The van der Waals surface area contributed by atoms with Crippen molar-refractivity contribution in [2.24, 2.45) is 0 Å². The van der Waals surface area contributed by atoms with Crippen molar-refractivity contribution in [3.8, 4) is 11.4 Å². The number of carbonyl (C=O) groups excluding carboxylic acids is 1. The molecule has 1 amide bonds. The van der Waals surface area contributed by atoms with Crippen LogP contribution < -0.4 is 5.32 Å². The van der Waals surface area contributed by atoms with Crippen molar-refractivity contribution in [2.75, 3.05) is 5.32 Å². The predicted octanol–water partition coefficient (Wildman–Crippen LogP) is 2.57. The molecular formula is C17H15N7OS. The number of anilines is 1. The van der Waals surface area contributed by atoms with E-state index in [0.29, 0.717) is 6.04 Å². The third-order valence-electron chi connectivity index (χ3n) is 4.27. The van der Waals surface area contributed by atoms with E-state index in [4.69, 9.17) is 0 Å². The Labute approximate surface area is 152 Å². The Kier molecular flexibility index (Phi) is 3.52. The van der Waals surface area contributed by atoms with Gasteiger partial charge in [0.05, 0.1) is 18.2 Å². The summed E-state index contributed by atoms with van der Waals surface area (Å²) in [6.07, 6.45) is 6.26. The first-order chi connectivity index (χ1) is 12.8. The van der Waals surface area contributed by atoms with Crippen LogP contribution in [-0.4, -0.2) is 35.5 Å². The lowest BCUT2D eigenvalue weighted by molar-refractivity contribution is -0.115. The van der Waals surface area contributed by atoms with Gasteiger partial charge in [-0.15, -0.1) is 16.4 Å². The number of nitrogens with one attached hydrogen (secondary N) is 1. The number of thiazole rings is 1. The third kappa shape index (κ3) is 2.86. The number of hydrogen-bond acceptors (Lipinski definition) is 6. The molecule has 4 aromatic rings. The number of hydrogen-bond donors (Lipinski definition) is 1. The highest BCUT2D eigenvalue weighted by Gasteiger charge is 2.28. The molecule has 26 heavy (non-hydrogen) atoms. The Bertz CT molecular complexity index is 1060. The summed E-state index contributed by atoms with van der Waals surface area (Å²) in [5.74, 6) is 0.632. The molecule has 0 atom stereocenters. The minimum atomic E-state index is -0.102. The average Bonchev–Trinajstić information content (AvgIpc) is 3.02. The van der Waals surface area contributed by atoms with E-state index in [1.807, 2.05) is 51.1 Å². The molecular weight excluding hydrogens is 350 g/mol. The van der Waals surface area contributed by atoms with E-state index >= 15 is 0 Å². The first-order valence-corrected chi connectivity index (χ1v) is 9.23. The fraction of sp³-hybridized carbons (Fsp3) is 0.235. The number of imidazole rings is 1. The Morgan fingerprint density at radius 3 is 3.12 bits per heavy atom. The zero-order valence-corrected chi connectivity index (χ0v) is 14.6. The molecule has 1 aromatic carbocycles. The fourth-order valence-corrected chi connectivity index (χ4v) is 3.63. The van der Waals surface area contributed by atoms with Crippen molar-refractivity contribution < 1.29 is 4.79 Å². The molecule has 8 nitrogen and oxygen atoms in total. The summed E-state index contributed by atoms with van der Waals surface area (Å²) in [5, 5.41) is 16.9. The number of amides is 1. The molecule has 0 saturated heterocycles. The van der Waals surface area contributed by atoms with Gasteiger partial charge in [-0.3, -0.25) is 9.20 Å². The molecule has 0 radical (unpaired) electrons. The smallest absolute Gasteiger partial charge is 0.230 e. The minimum Gasteiger partial charge on any atom is -0.326 e. The van der Waals surface area contributed by atoms with Gasteiger partial charge < -0.3 is 5.32 Å². The highest BCUT2D eigenvalue weighted by molar-refractivity contribution is 7.15. The Morgan fingerprint density at radius 2 is 2.27 bits per heavy atom. The van der Waals surface area contributed by atoms with Crippen LogP contribution in [0.4, 0.5) is 5.69 Å². The third-order valence-corrected chi connectivity index (χ3v) is 5.05. The molecule has 1 fully saturated rings. The lowest BCUT2D eigenvalue weighted by Crippen LogP contribution is -2.14. The summed E-state index contributed by atoms with van der Waals surface area (Å²) in [5.41, 5.74) is 2.37. The zero-order valence-electron chi connectivity index (χ0n) is 13.7. The Hall–Kier alpha value is -3.07. The van der Waals surface area contributed by atoms with E-state index < -0.39 is 0 Å². The standard InChI is InChI=1S/C17H15N7OS/c25-15(9-13-10-23-6-7-26-17(23)19-13)18-12-3-1-2-11(8-12)16-20-21-22-24(16)14-4-5-14/h1-3,6-8,10,14H,4-5,9H2,(H,18,25). The van der Waals surface area contributed by atoms with Crippen LogP contribution in [0.25, 0.3) is 16.3 Å². The number of benzene rings is 1. The van der Waals surface area contributed by atoms with Crippen LogP contribution in [0.3, 0.4) is 0 Å². The maximum Gasteiger partial charge on any atom is 0.230 e. The number of rotatable bonds is 5. The normalized spacial score (nSPS) is 14.0. The maximum atomic E-state index is 12.4. The molecule has 1 aliphatic carbocycles. The SMILES string of the molecule is O=C(Cc1cn2ccsc2n1)Nc1cccc(-c2nnnn2C2CC2)c1. The Balaban J connectivity index is 1.33. The number of nitrogens with zero attached hydrogens (tertiary/aromatic N) is 6. The van der Waals surface area contributed by atoms with Crippen molar-refractivity contribution in [2.45, 2.75) is 25.3 Å². The second-order valence-electron chi connectivity index (χ2n) is 6.31. The Morgan fingerprint density at radius 1 is 1.35 bits per heavy atom. The van der Waals surface area contributed by atoms with E-state index in [1.165, 1.54) is 0 Å². The van der Waals surface area contributed by atoms with Crippen molar-refractivity contribution in [3.05, 3.63) is 47.7 Å². The molecule has 1 saturated carbocycles. The summed E-state index contributed by atoms with van der Waals surface area (Å²) < 4.78 is 3.78. The molecule has 0 bridgehead atoms. The van der Waals surface area contributed by atoms with Gasteiger partial charge in [0.25, 0.3) is 0 Å². The van der Waals surface area contributed by atoms with Gasteiger partial charge in [-0.2, -0.15) is 0 Å². The molecule has 0 unspecified atom stereocenters. The van der Waals surface area contributed by atoms with Gasteiger partial charge in [0.15, 0.2) is 10.8 Å². The molecule has 130 valence electrons. The van der Waals surface area contributed by atoms with E-state index in [1.54, 1.807) is 11.3 Å². The van der Waals surface area contributed by atoms with E-state index in [0.717, 1.165) is 40.6 Å². The lowest BCUT2D eigenvalue weighted by Gasteiger charge is -2.07. The molecule has 1 aliphatic rings. The van der Waals surface area contributed by atoms with E-state index in [2.05, 4.69) is 25.8 Å². The van der Waals surface area contributed by atoms with Crippen molar-refractivity contribution in [3.63, 3.8) is 0 Å². The van der Waals surface area contributed by atoms with Crippen molar-refractivity contribution >= 4 is 27.9 Å². The number of aromatic nitrogens is 6. The van der Waals surface area contributed by atoms with Crippen LogP contribution in [0.5, 0.6) is 0 Å². The molecule has 9 heteroatoms. The number of tetrazole rings is 1. The van der Waals surface area contributed by atoms with Gasteiger partial charge in [-0.1, -0.05) is 12.1 Å². The van der Waals surface area contributed by atoms with Crippen molar-refractivity contribution in [1.29, 1.82) is 0 Å². The molecule has 5 rings (SSSR count). The van der Waals surface area contributed by atoms with Crippen LogP contribution in [0.15, 0.2) is 42.0 Å². The second kappa shape index (κ2) is 6.03. The van der Waals surface area contributed by atoms with Crippen LogP contribution in [0.1, 0.15) is 24.6 Å². The fourth-order valence-electron chi connectivity index (χ4n) is 2.92. The van der Waals surface area contributed by atoms with Gasteiger partial charge in [-0.25, -0.2) is 9.67 Å². The summed E-state index contributed by atoms with van der Waals surface area (Å²) in [4.78, 5) is 17.7. The maximum absolute atomic E-state index is 12.4. The van der Waals surface area contributed by atoms with Crippen LogP contribution >= 0.6 is 11.3 Å². The summed E-state index contributed by atoms with van der Waals surface area (Å²) in [6.45, 7) is 0. The predicted molar refractivity (Wildman–Crippen MR) is 96.9 cm³/mol. The number of fused-ring (bicyclic) bond motifs is 1. The van der Waals surface area contributed by atoms with Gasteiger partial charge in [0.2, 0.25) is 5.91 Å². The highest BCUT2D eigenvalue weighted by Crippen LogP contribution is 2.36. The first-order valence-electron chi connectivity index (χ1n) is 8.35. The minimum absolute atomic E-state index is 0.102. The molecule has 3 heterocycles. The van der Waals surface area contributed by atoms with Crippen LogP contribution in [-0.2, 0) is 11.2 Å². The average molecular weight is 365 g/mol. The van der Waals surface area contributed by atoms with Gasteiger partial charge >= 0.3 is 0 Å². The second-order valence-corrected chi connectivity index (χ2v) is 7.18. The van der Waals surface area contributed by atoms with Gasteiger partial charge in [-0.05, 0) is 35.4 Å². The summed E-state index contributed by atoms with van der Waals surface area (Å²) in [7, 11) is 0. The molecule has 0 aliphatic heterocycles. The summed E-state index contributed by atoms with van der Waals surface area (Å²) in [6, 6.07) is 7.99. The quantitative estimate of drug-likeness (QED) is 0.587. The summed E-state index contributed by atoms with van der Waals surface area (Å²) >= 11 is 1.55. The first kappa shape index (κ1) is 15.2. The van der Waals surface area contributed by atoms with Crippen LogP contribution in [0.2, 0.25) is 0 Å². The highest BCUT2D eigenvalue weighted by atomic mass is 32.1. The zero-order chi connectivity index (χ0) is 17.5. The van der Waals surface area contributed by atoms with Gasteiger partial charge in [0.1, 0.15) is 0 Å². The molecule has 1 N–H and O–H groups in total. The number of carbonyl (C=O) groups is 1. The van der Waals surface area contributed by atoms with E-state index in [-0.39, 0.29) is 12.3 Å².